The van der Waals surface area contributed by atoms with Crippen LogP contribution in [0.3, 0.4) is 0 Å². The van der Waals surface area contributed by atoms with Crippen molar-refractivity contribution >= 4 is 17.6 Å². The van der Waals surface area contributed by atoms with Crippen LogP contribution >= 0.6 is 0 Å². The van der Waals surface area contributed by atoms with Gasteiger partial charge in [0.05, 0.1) is 0 Å². The van der Waals surface area contributed by atoms with Crippen molar-refractivity contribution in [2.24, 2.45) is 5.73 Å². The molecule has 6 heteroatoms. The molecule has 0 fully saturated rings. The summed E-state index contributed by atoms with van der Waals surface area (Å²) in [7, 11) is 0. The van der Waals surface area contributed by atoms with E-state index in [-0.39, 0.29) is 17.4 Å². The van der Waals surface area contributed by atoms with E-state index >= 15 is 0 Å². The number of nitrogen functional groups attached to an aromatic ring is 1. The van der Waals surface area contributed by atoms with Crippen molar-refractivity contribution in [3.63, 3.8) is 0 Å². The molecule has 13 heavy (non-hydrogen) atoms. The molecule has 0 saturated carbocycles. The summed E-state index contributed by atoms with van der Waals surface area (Å²) in [6.07, 6.45) is 1.49. The lowest BCUT2D eigenvalue weighted by molar-refractivity contribution is 0.0911. The van der Waals surface area contributed by atoms with Crippen LogP contribution in [0.4, 0.5) is 5.82 Å². The highest BCUT2D eigenvalue weighted by atomic mass is 16.2. The minimum Gasteiger partial charge on any atom is -0.383 e. The zero-order valence-corrected chi connectivity index (χ0v) is 7.15. The third-order valence-corrected chi connectivity index (χ3v) is 1.61. The summed E-state index contributed by atoms with van der Waals surface area (Å²) in [5.74, 6) is -0.961. The first-order valence-electron chi connectivity index (χ1n) is 3.73. The summed E-state index contributed by atoms with van der Waals surface area (Å²) < 4.78 is 1.11. The van der Waals surface area contributed by atoms with Crippen molar-refractivity contribution < 1.29 is 9.59 Å². The second-order valence-corrected chi connectivity index (χ2v) is 2.46. The number of rotatable bonds is 2. The topological polar surface area (TPSA) is 104 Å². The molecule has 0 spiro atoms. The molecule has 1 aromatic rings. The maximum absolute atomic E-state index is 11.2. The predicted octanol–water partition coefficient (Wildman–Crippen LogP) is -0.386. The zero-order chi connectivity index (χ0) is 10.0. The number of primary amides is 1. The number of aromatic nitrogens is 2. The van der Waals surface area contributed by atoms with Gasteiger partial charge in [-0.15, -0.1) is 0 Å². The Morgan fingerprint density at radius 3 is 2.62 bits per heavy atom. The van der Waals surface area contributed by atoms with Crippen LogP contribution in [0.5, 0.6) is 0 Å². The molecule has 1 rings (SSSR count). The molecule has 0 saturated heterocycles. The van der Waals surface area contributed by atoms with E-state index in [2.05, 4.69) is 4.98 Å². The summed E-state index contributed by atoms with van der Waals surface area (Å²) >= 11 is 0. The van der Waals surface area contributed by atoms with Crippen LogP contribution in [-0.4, -0.2) is 21.4 Å². The highest BCUT2D eigenvalue weighted by Gasteiger charge is 2.15. The number of imidazole rings is 1. The van der Waals surface area contributed by atoms with Gasteiger partial charge in [-0.1, -0.05) is 6.92 Å². The van der Waals surface area contributed by atoms with Gasteiger partial charge in [-0.05, 0) is 0 Å². The molecule has 70 valence electrons. The van der Waals surface area contributed by atoms with E-state index in [4.69, 9.17) is 11.5 Å². The van der Waals surface area contributed by atoms with Gasteiger partial charge in [-0.25, -0.2) is 4.98 Å². The number of nitrogens with zero attached hydrogens (tertiary/aromatic N) is 2. The second kappa shape index (κ2) is 3.26. The molecule has 0 aromatic carbocycles. The van der Waals surface area contributed by atoms with Crippen LogP contribution in [-0.2, 0) is 0 Å². The Bertz CT molecular complexity index is 355. The van der Waals surface area contributed by atoms with E-state index in [1.165, 1.54) is 6.33 Å². The molecular weight excluding hydrogens is 172 g/mol. The van der Waals surface area contributed by atoms with Gasteiger partial charge in [0.1, 0.15) is 12.1 Å². The molecule has 1 aromatic heterocycles. The number of hydrogen-bond acceptors (Lipinski definition) is 4. The van der Waals surface area contributed by atoms with E-state index in [1.54, 1.807) is 6.92 Å². The van der Waals surface area contributed by atoms with Crippen molar-refractivity contribution in [3.05, 3.63) is 12.0 Å². The minimum atomic E-state index is -0.736. The Morgan fingerprint density at radius 2 is 2.23 bits per heavy atom. The first-order valence-corrected chi connectivity index (χ1v) is 3.73. The average molecular weight is 182 g/mol. The molecule has 6 nitrogen and oxygen atoms in total. The maximum Gasteiger partial charge on any atom is 0.271 e. The van der Waals surface area contributed by atoms with Gasteiger partial charge in [0, 0.05) is 6.42 Å². The molecule has 0 bridgehead atoms. The van der Waals surface area contributed by atoms with Crippen molar-refractivity contribution in [1.29, 1.82) is 0 Å². The molecule has 0 aliphatic carbocycles. The summed E-state index contributed by atoms with van der Waals surface area (Å²) in [6.45, 7) is 1.69. The first kappa shape index (κ1) is 9.24. The van der Waals surface area contributed by atoms with Gasteiger partial charge in [0.15, 0.2) is 5.69 Å². The van der Waals surface area contributed by atoms with Crippen molar-refractivity contribution in [1.82, 2.24) is 9.55 Å². The van der Waals surface area contributed by atoms with Gasteiger partial charge in [-0.3, -0.25) is 14.2 Å². The van der Waals surface area contributed by atoms with E-state index in [9.17, 15) is 9.59 Å². The zero-order valence-electron chi connectivity index (χ0n) is 7.15. The number of anilines is 1. The fourth-order valence-electron chi connectivity index (χ4n) is 0.917. The molecule has 1 heterocycles. The SMILES string of the molecule is CCC(=O)n1cnc(C(N)=O)c1N. The molecule has 0 aliphatic heterocycles. The first-order chi connectivity index (χ1) is 6.07. The Kier molecular flexibility index (Phi) is 2.32. The third-order valence-electron chi connectivity index (χ3n) is 1.61. The number of nitrogens with two attached hydrogens (primary N) is 2. The summed E-state index contributed by atoms with van der Waals surface area (Å²) in [4.78, 5) is 25.5. The lowest BCUT2D eigenvalue weighted by atomic mass is 10.4. The highest BCUT2D eigenvalue weighted by Crippen LogP contribution is 2.09. The fourth-order valence-corrected chi connectivity index (χ4v) is 0.917. The van der Waals surface area contributed by atoms with Crippen LogP contribution in [0.2, 0.25) is 0 Å². The van der Waals surface area contributed by atoms with Gasteiger partial charge in [-0.2, -0.15) is 0 Å². The maximum atomic E-state index is 11.2. The average Bonchev–Trinajstić information content (AvgIpc) is 2.46. The molecule has 1 amide bonds. The molecule has 0 atom stereocenters. The van der Waals surface area contributed by atoms with Crippen LogP contribution in [0.1, 0.15) is 28.6 Å². The predicted molar refractivity (Wildman–Crippen MR) is 46.1 cm³/mol. The number of hydrogen-bond donors (Lipinski definition) is 2. The number of carbonyl (C=O) groups excluding carboxylic acids is 2. The van der Waals surface area contributed by atoms with Crippen molar-refractivity contribution in [3.8, 4) is 0 Å². The third kappa shape index (κ3) is 1.51. The fraction of sp³-hybridized carbons (Fsp3) is 0.286. The normalized spacial score (nSPS) is 9.92. The van der Waals surface area contributed by atoms with Gasteiger partial charge in [0.2, 0.25) is 5.91 Å². The standard InChI is InChI=1S/C7H10N4O2/c1-2-4(12)11-3-10-5(6(11)8)7(9)13/h3H,2,8H2,1H3,(H2,9,13). The number of amides is 1. The van der Waals surface area contributed by atoms with Gasteiger partial charge in [0.25, 0.3) is 5.91 Å². The molecular formula is C7H10N4O2. The van der Waals surface area contributed by atoms with Crippen LogP contribution in [0.15, 0.2) is 6.33 Å². The monoisotopic (exact) mass is 182 g/mol. The largest absolute Gasteiger partial charge is 0.383 e. The summed E-state index contributed by atoms with van der Waals surface area (Å²) in [5, 5.41) is 0. The van der Waals surface area contributed by atoms with E-state index in [0.717, 1.165) is 4.57 Å². The van der Waals surface area contributed by atoms with Crippen molar-refractivity contribution in [2.75, 3.05) is 5.73 Å². The highest BCUT2D eigenvalue weighted by molar-refractivity contribution is 5.97. The summed E-state index contributed by atoms with van der Waals surface area (Å²) in [5.41, 5.74) is 10.4. The lowest BCUT2D eigenvalue weighted by Crippen LogP contribution is -2.16. The van der Waals surface area contributed by atoms with Crippen molar-refractivity contribution in [2.45, 2.75) is 13.3 Å². The quantitative estimate of drug-likeness (QED) is 0.650. The molecule has 0 radical (unpaired) electrons. The Morgan fingerprint density at radius 1 is 1.62 bits per heavy atom. The van der Waals surface area contributed by atoms with Gasteiger partial charge >= 0.3 is 0 Å². The Labute approximate surface area is 74.5 Å². The molecule has 4 N–H and O–H groups in total. The second-order valence-electron chi connectivity index (χ2n) is 2.46. The van der Waals surface area contributed by atoms with Crippen LogP contribution in [0, 0.1) is 0 Å². The van der Waals surface area contributed by atoms with Crippen LogP contribution < -0.4 is 11.5 Å². The Balaban J connectivity index is 3.13. The number of carbonyl (C=O) groups is 2. The Hall–Kier alpha value is -1.85. The molecule has 0 aliphatic rings. The summed E-state index contributed by atoms with van der Waals surface area (Å²) in [6, 6.07) is 0. The van der Waals surface area contributed by atoms with E-state index in [1.807, 2.05) is 0 Å². The van der Waals surface area contributed by atoms with E-state index < -0.39 is 5.91 Å². The smallest absolute Gasteiger partial charge is 0.271 e. The van der Waals surface area contributed by atoms with Gasteiger partial charge < -0.3 is 11.5 Å². The minimum absolute atomic E-state index is 0.000602. The lowest BCUT2D eigenvalue weighted by Gasteiger charge is -1.99. The molecule has 0 unspecified atom stereocenters. The van der Waals surface area contributed by atoms with E-state index in [0.29, 0.717) is 6.42 Å². The van der Waals surface area contributed by atoms with Crippen LogP contribution in [0.25, 0.3) is 0 Å².